The predicted molar refractivity (Wildman–Crippen MR) is 115 cm³/mol. The lowest BCUT2D eigenvalue weighted by Crippen LogP contribution is -2.35. The summed E-state index contributed by atoms with van der Waals surface area (Å²) in [6, 6.07) is 21.8. The van der Waals surface area contributed by atoms with Gasteiger partial charge in [-0.25, -0.2) is 4.39 Å². The molecule has 3 rings (SSSR count). The molecular weight excluding hydrogens is 399 g/mol. The molecule has 0 unspecified atom stereocenters. The number of nitrogens with one attached hydrogen (secondary N) is 2. The van der Waals surface area contributed by atoms with Gasteiger partial charge in [-0.15, -0.1) is 0 Å². The van der Waals surface area contributed by atoms with Crippen LogP contribution in [0, 0.1) is 5.82 Å². The van der Waals surface area contributed by atoms with Gasteiger partial charge in [-0.05, 0) is 42.8 Å². The van der Waals surface area contributed by atoms with Crippen LogP contribution in [-0.4, -0.2) is 30.4 Å². The minimum Gasteiger partial charge on any atom is -0.451 e. The van der Waals surface area contributed by atoms with Crippen LogP contribution in [0.2, 0.25) is 0 Å². The average molecular weight is 420 g/mol. The highest BCUT2D eigenvalue weighted by Gasteiger charge is 2.19. The van der Waals surface area contributed by atoms with Crippen molar-refractivity contribution in [2.45, 2.75) is 13.0 Å². The highest BCUT2D eigenvalue weighted by atomic mass is 19.1. The Labute approximate surface area is 179 Å². The summed E-state index contributed by atoms with van der Waals surface area (Å²) in [4.78, 5) is 36.5. The fourth-order valence-corrected chi connectivity index (χ4v) is 2.84. The van der Waals surface area contributed by atoms with E-state index in [0.717, 1.165) is 23.3 Å². The van der Waals surface area contributed by atoms with Crippen LogP contribution in [0.1, 0.15) is 17.3 Å². The maximum absolute atomic E-state index is 12.9. The number of hydrogen-bond acceptors (Lipinski definition) is 4. The molecule has 7 heteroatoms. The summed E-state index contributed by atoms with van der Waals surface area (Å²) in [5.41, 5.74) is 2.57. The third-order valence-electron chi connectivity index (χ3n) is 4.45. The first kappa shape index (κ1) is 21.7. The van der Waals surface area contributed by atoms with Crippen molar-refractivity contribution in [3.05, 3.63) is 90.2 Å². The van der Waals surface area contributed by atoms with Crippen LogP contribution < -0.4 is 10.6 Å². The van der Waals surface area contributed by atoms with Crippen LogP contribution in [0.25, 0.3) is 11.1 Å². The SMILES string of the molecule is C[C@H](OC(=O)CNC(=O)c1ccc(F)cc1)C(=O)Nc1ccccc1-c1ccccc1. The number of rotatable bonds is 7. The van der Waals surface area contributed by atoms with Gasteiger partial charge in [0.05, 0.1) is 0 Å². The molecule has 0 saturated carbocycles. The third-order valence-corrected chi connectivity index (χ3v) is 4.45. The highest BCUT2D eigenvalue weighted by Crippen LogP contribution is 2.27. The van der Waals surface area contributed by atoms with E-state index in [2.05, 4.69) is 10.6 Å². The Morgan fingerprint density at radius 1 is 0.903 bits per heavy atom. The number of benzene rings is 3. The van der Waals surface area contributed by atoms with Crippen molar-refractivity contribution in [1.82, 2.24) is 5.32 Å². The molecule has 0 aliphatic heterocycles. The second kappa shape index (κ2) is 10.2. The first-order valence-corrected chi connectivity index (χ1v) is 9.62. The standard InChI is InChI=1S/C24H21FN2O4/c1-16(31-22(28)15-26-24(30)18-11-13-19(25)14-12-18)23(29)27-21-10-6-5-9-20(21)17-7-3-2-4-8-17/h2-14,16H,15H2,1H3,(H,26,30)(H,27,29)/t16-/m0/s1. The third kappa shape index (κ3) is 5.99. The van der Waals surface area contributed by atoms with Crippen LogP contribution in [-0.2, 0) is 14.3 Å². The summed E-state index contributed by atoms with van der Waals surface area (Å²) < 4.78 is 18.0. The van der Waals surface area contributed by atoms with Crippen molar-refractivity contribution >= 4 is 23.5 Å². The van der Waals surface area contributed by atoms with Gasteiger partial charge in [-0.3, -0.25) is 14.4 Å². The lowest BCUT2D eigenvalue weighted by molar-refractivity contribution is -0.152. The molecule has 0 fully saturated rings. The molecule has 158 valence electrons. The van der Waals surface area contributed by atoms with Crippen LogP contribution in [0.3, 0.4) is 0 Å². The Bertz CT molecular complexity index is 1070. The molecule has 0 saturated heterocycles. The molecule has 0 spiro atoms. The number of esters is 1. The quantitative estimate of drug-likeness (QED) is 0.570. The monoisotopic (exact) mass is 420 g/mol. The molecule has 31 heavy (non-hydrogen) atoms. The fraction of sp³-hybridized carbons (Fsp3) is 0.125. The second-order valence-electron chi connectivity index (χ2n) is 6.72. The van der Waals surface area contributed by atoms with Crippen molar-refractivity contribution in [2.24, 2.45) is 0 Å². The van der Waals surface area contributed by atoms with Gasteiger partial charge >= 0.3 is 5.97 Å². The molecule has 0 bridgehead atoms. The summed E-state index contributed by atoms with van der Waals surface area (Å²) >= 11 is 0. The Kier molecular flexibility index (Phi) is 7.11. The van der Waals surface area contributed by atoms with Gasteiger partial charge in [0.2, 0.25) is 0 Å². The van der Waals surface area contributed by atoms with Crippen LogP contribution >= 0.6 is 0 Å². The number of para-hydroxylation sites is 1. The molecule has 3 aromatic carbocycles. The van der Waals surface area contributed by atoms with Crippen LogP contribution in [0.5, 0.6) is 0 Å². The molecule has 0 aromatic heterocycles. The number of amides is 2. The average Bonchev–Trinajstić information content (AvgIpc) is 2.79. The van der Waals surface area contributed by atoms with Crippen molar-refractivity contribution in [2.75, 3.05) is 11.9 Å². The zero-order valence-electron chi connectivity index (χ0n) is 16.8. The van der Waals surface area contributed by atoms with E-state index in [1.54, 1.807) is 12.1 Å². The van der Waals surface area contributed by atoms with Crippen LogP contribution in [0.15, 0.2) is 78.9 Å². The van der Waals surface area contributed by atoms with Gasteiger partial charge in [0, 0.05) is 16.8 Å². The summed E-state index contributed by atoms with van der Waals surface area (Å²) in [5, 5.41) is 5.15. The van der Waals surface area contributed by atoms with E-state index in [1.807, 2.05) is 42.5 Å². The van der Waals surface area contributed by atoms with E-state index in [9.17, 15) is 18.8 Å². The Balaban J connectivity index is 1.54. The summed E-state index contributed by atoms with van der Waals surface area (Å²) in [7, 11) is 0. The van der Waals surface area contributed by atoms with Gasteiger partial charge in [0.1, 0.15) is 12.4 Å². The van der Waals surface area contributed by atoms with E-state index in [-0.39, 0.29) is 5.56 Å². The normalized spacial score (nSPS) is 11.3. The van der Waals surface area contributed by atoms with E-state index in [1.165, 1.54) is 19.1 Å². The molecule has 0 heterocycles. The number of ether oxygens (including phenoxy) is 1. The summed E-state index contributed by atoms with van der Waals surface area (Å²) in [6.45, 7) is 1.02. The van der Waals surface area contributed by atoms with Crippen LogP contribution in [0.4, 0.5) is 10.1 Å². The van der Waals surface area contributed by atoms with E-state index < -0.39 is 36.2 Å². The molecule has 2 N–H and O–H groups in total. The van der Waals surface area contributed by atoms with Crippen molar-refractivity contribution in [3.8, 4) is 11.1 Å². The lowest BCUT2D eigenvalue weighted by Gasteiger charge is -2.16. The van der Waals surface area contributed by atoms with Gasteiger partial charge in [-0.2, -0.15) is 0 Å². The number of hydrogen-bond donors (Lipinski definition) is 2. The number of carbonyl (C=O) groups excluding carboxylic acids is 3. The van der Waals surface area contributed by atoms with Crippen molar-refractivity contribution in [3.63, 3.8) is 0 Å². The molecule has 2 amide bonds. The number of carbonyl (C=O) groups is 3. The fourth-order valence-electron chi connectivity index (χ4n) is 2.84. The van der Waals surface area contributed by atoms with Gasteiger partial charge in [0.25, 0.3) is 11.8 Å². The molecule has 0 radical (unpaired) electrons. The van der Waals surface area contributed by atoms with Gasteiger partial charge in [0.15, 0.2) is 6.10 Å². The topological polar surface area (TPSA) is 84.5 Å². The number of anilines is 1. The molecule has 0 aliphatic rings. The van der Waals surface area contributed by atoms with E-state index >= 15 is 0 Å². The Morgan fingerprint density at radius 2 is 1.55 bits per heavy atom. The maximum atomic E-state index is 12.9. The van der Waals surface area contributed by atoms with Gasteiger partial charge < -0.3 is 15.4 Å². The molecular formula is C24H21FN2O4. The Hall–Kier alpha value is -4.00. The molecule has 3 aromatic rings. The van der Waals surface area contributed by atoms with Gasteiger partial charge in [-0.1, -0.05) is 48.5 Å². The largest absolute Gasteiger partial charge is 0.451 e. The van der Waals surface area contributed by atoms with E-state index in [4.69, 9.17) is 4.74 Å². The van der Waals surface area contributed by atoms with Crippen molar-refractivity contribution < 1.29 is 23.5 Å². The highest BCUT2D eigenvalue weighted by molar-refractivity contribution is 5.99. The van der Waals surface area contributed by atoms with E-state index in [0.29, 0.717) is 5.69 Å². The maximum Gasteiger partial charge on any atom is 0.326 e. The second-order valence-corrected chi connectivity index (χ2v) is 6.72. The molecule has 6 nitrogen and oxygen atoms in total. The minimum atomic E-state index is -1.07. The Morgan fingerprint density at radius 3 is 2.26 bits per heavy atom. The lowest BCUT2D eigenvalue weighted by atomic mass is 10.0. The summed E-state index contributed by atoms with van der Waals surface area (Å²) in [6.07, 6.45) is -1.07. The van der Waals surface area contributed by atoms with Crippen molar-refractivity contribution in [1.29, 1.82) is 0 Å². The zero-order chi connectivity index (χ0) is 22.2. The molecule has 1 atom stereocenters. The minimum absolute atomic E-state index is 0.206. The number of halogens is 1. The predicted octanol–water partition coefficient (Wildman–Crippen LogP) is 3.79. The first-order valence-electron chi connectivity index (χ1n) is 9.62. The first-order chi connectivity index (χ1) is 14.9. The summed E-state index contributed by atoms with van der Waals surface area (Å²) in [5.74, 6) is -2.29. The zero-order valence-corrected chi connectivity index (χ0v) is 16.8. The molecule has 0 aliphatic carbocycles. The smallest absolute Gasteiger partial charge is 0.326 e.